The van der Waals surface area contributed by atoms with Gasteiger partial charge in [0.1, 0.15) is 0 Å². The predicted octanol–water partition coefficient (Wildman–Crippen LogP) is 1.02. The van der Waals surface area contributed by atoms with Crippen LogP contribution in [0.1, 0.15) is 0 Å². The quantitative estimate of drug-likeness (QED) is 0.334. The number of benzene rings is 1. The number of halogens is 2. The Labute approximate surface area is 108 Å². The second-order valence-electron chi connectivity index (χ2n) is 3.02. The van der Waals surface area contributed by atoms with Crippen LogP contribution in [-0.2, 0) is 10.0 Å². The van der Waals surface area contributed by atoms with Crippen LogP contribution in [0.15, 0.2) is 28.3 Å². The predicted molar refractivity (Wildman–Crippen MR) is 65.1 cm³/mol. The van der Waals surface area contributed by atoms with Crippen molar-refractivity contribution in [2.24, 2.45) is 10.9 Å². The van der Waals surface area contributed by atoms with E-state index < -0.39 is 10.0 Å². The van der Waals surface area contributed by atoms with Crippen molar-refractivity contribution in [2.45, 2.75) is 4.90 Å². The first kappa shape index (κ1) is 14.0. The fraction of sp³-hybridized carbons (Fsp3) is 0.125. The highest BCUT2D eigenvalue weighted by molar-refractivity contribution is 7.89. The smallest absolute Gasteiger partial charge is 0.241 e. The molecule has 0 saturated carbocycles. The average Bonchev–Trinajstić information content (AvgIpc) is 2.24. The number of nitrogens with zero attached hydrogens (tertiary/aromatic N) is 1. The maximum absolute atomic E-state index is 11.7. The van der Waals surface area contributed by atoms with Gasteiger partial charge in [-0.1, -0.05) is 28.4 Å². The number of oxime groups is 1. The molecule has 0 amide bonds. The van der Waals surface area contributed by atoms with Crippen molar-refractivity contribution >= 4 is 39.1 Å². The van der Waals surface area contributed by atoms with Gasteiger partial charge in [-0.15, -0.1) is 0 Å². The van der Waals surface area contributed by atoms with Crippen LogP contribution in [0.3, 0.4) is 0 Å². The van der Waals surface area contributed by atoms with E-state index in [1.807, 2.05) is 0 Å². The molecule has 1 aromatic rings. The molecule has 0 aliphatic heterocycles. The minimum atomic E-state index is -3.80. The van der Waals surface area contributed by atoms with Crippen LogP contribution in [0.25, 0.3) is 0 Å². The average molecular weight is 298 g/mol. The molecule has 6 nitrogen and oxygen atoms in total. The van der Waals surface area contributed by atoms with Crippen molar-refractivity contribution in [1.29, 1.82) is 0 Å². The summed E-state index contributed by atoms with van der Waals surface area (Å²) in [6, 6.07) is 3.88. The Morgan fingerprint density at radius 3 is 2.35 bits per heavy atom. The van der Waals surface area contributed by atoms with Gasteiger partial charge in [0.15, 0.2) is 5.84 Å². The number of sulfonamides is 1. The summed E-state index contributed by atoms with van der Waals surface area (Å²) in [4.78, 5) is -0.0965. The second kappa shape index (κ2) is 5.54. The molecule has 9 heteroatoms. The zero-order valence-corrected chi connectivity index (χ0v) is 10.7. The maximum Gasteiger partial charge on any atom is 0.241 e. The molecule has 94 valence electrons. The van der Waals surface area contributed by atoms with Gasteiger partial charge in [0.05, 0.1) is 11.4 Å². The van der Waals surface area contributed by atoms with Gasteiger partial charge in [0.2, 0.25) is 10.0 Å². The molecule has 1 rings (SSSR count). The number of amidine groups is 1. The topological polar surface area (TPSA) is 105 Å². The SMILES string of the molecule is N/C(CNS(=O)(=O)c1cc(Cl)cc(Cl)c1)=N\O. The number of rotatable bonds is 4. The summed E-state index contributed by atoms with van der Waals surface area (Å²) in [6.07, 6.45) is 0. The van der Waals surface area contributed by atoms with E-state index in [0.717, 1.165) is 0 Å². The lowest BCUT2D eigenvalue weighted by Gasteiger charge is -2.06. The second-order valence-corrected chi connectivity index (χ2v) is 5.66. The van der Waals surface area contributed by atoms with E-state index in [1.54, 1.807) is 0 Å². The molecule has 0 fully saturated rings. The molecule has 1 aromatic carbocycles. The van der Waals surface area contributed by atoms with Crippen LogP contribution in [0.4, 0.5) is 0 Å². The summed E-state index contributed by atoms with van der Waals surface area (Å²) in [6.45, 7) is -0.317. The van der Waals surface area contributed by atoms with Crippen molar-refractivity contribution in [3.63, 3.8) is 0 Å². The van der Waals surface area contributed by atoms with Gasteiger partial charge in [-0.25, -0.2) is 13.1 Å². The first-order valence-corrected chi connectivity index (χ1v) is 6.51. The van der Waals surface area contributed by atoms with E-state index in [-0.39, 0.29) is 27.3 Å². The van der Waals surface area contributed by atoms with Crippen LogP contribution < -0.4 is 10.5 Å². The van der Waals surface area contributed by atoms with Crippen LogP contribution in [0.2, 0.25) is 10.0 Å². The summed E-state index contributed by atoms with van der Waals surface area (Å²) in [5, 5.41) is 11.3. The summed E-state index contributed by atoms with van der Waals surface area (Å²) >= 11 is 11.4. The molecule has 0 unspecified atom stereocenters. The lowest BCUT2D eigenvalue weighted by Crippen LogP contribution is -2.33. The third-order valence-electron chi connectivity index (χ3n) is 1.72. The summed E-state index contributed by atoms with van der Waals surface area (Å²) < 4.78 is 25.6. The molecular formula is C8H9Cl2N3O3S. The summed E-state index contributed by atoms with van der Waals surface area (Å²) in [5.41, 5.74) is 5.14. The Hall–Kier alpha value is -1.02. The van der Waals surface area contributed by atoms with E-state index in [2.05, 4.69) is 9.88 Å². The van der Waals surface area contributed by atoms with Crippen LogP contribution >= 0.6 is 23.2 Å². The van der Waals surface area contributed by atoms with Crippen molar-refractivity contribution in [2.75, 3.05) is 6.54 Å². The highest BCUT2D eigenvalue weighted by Crippen LogP contribution is 2.21. The van der Waals surface area contributed by atoms with Gasteiger partial charge >= 0.3 is 0 Å². The van der Waals surface area contributed by atoms with E-state index >= 15 is 0 Å². The Morgan fingerprint density at radius 2 is 1.88 bits per heavy atom. The fourth-order valence-corrected chi connectivity index (χ4v) is 2.70. The molecule has 0 aliphatic rings. The Bertz CT molecular complexity index is 525. The van der Waals surface area contributed by atoms with Crippen molar-refractivity contribution in [1.82, 2.24) is 4.72 Å². The highest BCUT2D eigenvalue weighted by Gasteiger charge is 2.15. The number of hydrogen-bond acceptors (Lipinski definition) is 4. The van der Waals surface area contributed by atoms with Crippen molar-refractivity contribution in [3.8, 4) is 0 Å². The number of hydrogen-bond donors (Lipinski definition) is 3. The van der Waals surface area contributed by atoms with Crippen molar-refractivity contribution in [3.05, 3.63) is 28.2 Å². The van der Waals surface area contributed by atoms with Gasteiger partial charge in [-0.2, -0.15) is 0 Å². The molecule has 4 N–H and O–H groups in total. The van der Waals surface area contributed by atoms with E-state index in [0.29, 0.717) is 0 Å². The lowest BCUT2D eigenvalue weighted by atomic mass is 10.4. The van der Waals surface area contributed by atoms with Gasteiger partial charge in [-0.3, -0.25) is 0 Å². The van der Waals surface area contributed by atoms with Gasteiger partial charge in [0.25, 0.3) is 0 Å². The third kappa shape index (κ3) is 4.04. The van der Waals surface area contributed by atoms with Crippen molar-refractivity contribution < 1.29 is 13.6 Å². The summed E-state index contributed by atoms with van der Waals surface area (Å²) in [7, 11) is -3.80. The van der Waals surface area contributed by atoms with E-state index in [9.17, 15) is 8.42 Å². The summed E-state index contributed by atoms with van der Waals surface area (Å²) in [5.74, 6) is -0.262. The Balaban J connectivity index is 2.97. The zero-order valence-electron chi connectivity index (χ0n) is 8.39. The molecule has 0 bridgehead atoms. The standard InChI is InChI=1S/C8H9Cl2N3O3S/c9-5-1-6(10)3-7(2-5)17(15,16)12-4-8(11)13-14/h1-3,12,14H,4H2,(H2,11,13). The molecule has 0 saturated heterocycles. The van der Waals surface area contributed by atoms with Gasteiger partial charge in [0, 0.05) is 10.0 Å². The normalized spacial score (nSPS) is 12.7. The lowest BCUT2D eigenvalue weighted by molar-refractivity contribution is 0.317. The van der Waals surface area contributed by atoms with Gasteiger partial charge in [-0.05, 0) is 18.2 Å². The Morgan fingerprint density at radius 1 is 1.35 bits per heavy atom. The van der Waals surface area contributed by atoms with Crippen LogP contribution in [0.5, 0.6) is 0 Å². The van der Waals surface area contributed by atoms with E-state index in [4.69, 9.17) is 34.1 Å². The monoisotopic (exact) mass is 297 g/mol. The van der Waals surface area contributed by atoms with Crippen LogP contribution in [-0.4, -0.2) is 26.0 Å². The third-order valence-corrected chi connectivity index (χ3v) is 3.54. The molecule has 0 aliphatic carbocycles. The Kier molecular flexibility index (Phi) is 4.58. The molecule has 17 heavy (non-hydrogen) atoms. The fourth-order valence-electron chi connectivity index (χ4n) is 0.971. The largest absolute Gasteiger partial charge is 0.409 e. The highest BCUT2D eigenvalue weighted by atomic mass is 35.5. The molecule has 0 aromatic heterocycles. The number of nitrogens with one attached hydrogen (secondary N) is 1. The molecule has 0 radical (unpaired) electrons. The number of nitrogens with two attached hydrogens (primary N) is 1. The molecule has 0 spiro atoms. The minimum Gasteiger partial charge on any atom is -0.409 e. The minimum absolute atomic E-state index is 0.0965. The van der Waals surface area contributed by atoms with Crippen LogP contribution in [0, 0.1) is 0 Å². The van der Waals surface area contributed by atoms with Gasteiger partial charge < -0.3 is 10.9 Å². The zero-order chi connectivity index (χ0) is 13.1. The molecule has 0 heterocycles. The molecule has 0 atom stereocenters. The van der Waals surface area contributed by atoms with E-state index in [1.165, 1.54) is 18.2 Å². The first-order valence-electron chi connectivity index (χ1n) is 4.27. The maximum atomic E-state index is 11.7. The molecular weight excluding hydrogens is 289 g/mol. The first-order chi connectivity index (χ1) is 7.85.